The number of sulfone groups is 1. The number of carbonyl (C=O) groups is 2. The lowest BCUT2D eigenvalue weighted by Crippen LogP contribution is -2.36. The van der Waals surface area contributed by atoms with Crippen LogP contribution in [0.1, 0.15) is 44.9 Å². The molecule has 0 aliphatic carbocycles. The van der Waals surface area contributed by atoms with Crippen molar-refractivity contribution < 1.29 is 18.0 Å². The van der Waals surface area contributed by atoms with E-state index >= 15 is 0 Å². The minimum atomic E-state index is -3.02. The van der Waals surface area contributed by atoms with Gasteiger partial charge in [0.15, 0.2) is 20.8 Å². The Labute approximate surface area is 169 Å². The van der Waals surface area contributed by atoms with Gasteiger partial charge in [-0.2, -0.15) is 0 Å². The molecule has 2 aliphatic heterocycles. The van der Waals surface area contributed by atoms with Crippen LogP contribution in [0.2, 0.25) is 0 Å². The number of thioether (sulfide) groups is 1. The van der Waals surface area contributed by atoms with Gasteiger partial charge in [0.25, 0.3) is 0 Å². The maximum atomic E-state index is 12.2. The molecule has 28 heavy (non-hydrogen) atoms. The number of rotatable bonds is 7. The van der Waals surface area contributed by atoms with Crippen molar-refractivity contribution in [2.75, 3.05) is 23.8 Å². The van der Waals surface area contributed by atoms with Crippen molar-refractivity contribution in [1.29, 1.82) is 0 Å². The average molecular weight is 430 g/mol. The summed E-state index contributed by atoms with van der Waals surface area (Å²) in [4.78, 5) is 26.2. The zero-order valence-corrected chi connectivity index (χ0v) is 17.7. The third kappa shape index (κ3) is 5.47. The van der Waals surface area contributed by atoms with Crippen LogP contribution in [-0.2, 0) is 32.5 Å². The molecule has 1 atom stereocenters. The van der Waals surface area contributed by atoms with E-state index in [0.29, 0.717) is 31.1 Å². The van der Waals surface area contributed by atoms with Crippen LogP contribution in [0.25, 0.3) is 0 Å². The van der Waals surface area contributed by atoms with E-state index in [1.54, 1.807) is 0 Å². The molecule has 3 heterocycles. The number of hydrogen-bond donors (Lipinski definition) is 1. The number of amides is 2. The molecule has 0 bridgehead atoms. The zero-order chi connectivity index (χ0) is 20.1. The van der Waals surface area contributed by atoms with E-state index in [1.807, 2.05) is 16.4 Å². The number of likely N-dealkylation sites (tertiary alicyclic amines) is 1. The Balaban J connectivity index is 1.56. The Hall–Kier alpha value is -1.62. The molecule has 0 aromatic carbocycles. The Bertz CT molecular complexity index is 824. The molecule has 0 spiro atoms. The lowest BCUT2D eigenvalue weighted by atomic mass is 10.2. The molecule has 0 radical (unpaired) electrons. The maximum Gasteiger partial charge on any atom is 0.230 e. The fourth-order valence-corrected chi connectivity index (χ4v) is 6.05. The number of aromatic nitrogens is 3. The molecule has 1 aromatic rings. The second-order valence-electron chi connectivity index (χ2n) is 7.23. The number of hydrogen-bond acceptors (Lipinski definition) is 7. The summed E-state index contributed by atoms with van der Waals surface area (Å²) in [6, 6.07) is -0.299. The van der Waals surface area contributed by atoms with Crippen LogP contribution in [-0.4, -0.2) is 69.7 Å². The highest BCUT2D eigenvalue weighted by atomic mass is 32.2. The lowest BCUT2D eigenvalue weighted by molar-refractivity contribution is -0.131. The van der Waals surface area contributed by atoms with Crippen LogP contribution in [0.15, 0.2) is 5.16 Å². The van der Waals surface area contributed by atoms with E-state index in [4.69, 9.17) is 0 Å². The van der Waals surface area contributed by atoms with Crippen molar-refractivity contribution in [1.82, 2.24) is 25.0 Å². The Kier molecular flexibility index (Phi) is 6.97. The van der Waals surface area contributed by atoms with Crippen LogP contribution in [0.4, 0.5) is 0 Å². The van der Waals surface area contributed by atoms with E-state index in [0.717, 1.165) is 31.6 Å². The monoisotopic (exact) mass is 429 g/mol. The SMILES string of the molecule is CCn1c(CN2CCCCCC2=O)nnc1SCC(=O)N[C@H]1CCS(=O)(=O)C1. The minimum Gasteiger partial charge on any atom is -0.352 e. The van der Waals surface area contributed by atoms with Crippen LogP contribution in [0.5, 0.6) is 0 Å². The summed E-state index contributed by atoms with van der Waals surface area (Å²) < 4.78 is 24.9. The third-order valence-corrected chi connectivity index (χ3v) is 7.78. The quantitative estimate of drug-likeness (QED) is 0.631. The van der Waals surface area contributed by atoms with Gasteiger partial charge in [0.1, 0.15) is 0 Å². The first kappa shape index (κ1) is 21.1. The number of nitrogens with zero attached hydrogens (tertiary/aromatic N) is 4. The van der Waals surface area contributed by atoms with Gasteiger partial charge in [0, 0.05) is 25.6 Å². The van der Waals surface area contributed by atoms with Crippen LogP contribution in [0, 0.1) is 0 Å². The molecule has 2 fully saturated rings. The van der Waals surface area contributed by atoms with Crippen molar-refractivity contribution in [3.05, 3.63) is 5.82 Å². The molecular weight excluding hydrogens is 402 g/mol. The van der Waals surface area contributed by atoms with Gasteiger partial charge >= 0.3 is 0 Å². The van der Waals surface area contributed by atoms with Gasteiger partial charge in [-0.15, -0.1) is 10.2 Å². The Morgan fingerprint density at radius 1 is 1.29 bits per heavy atom. The smallest absolute Gasteiger partial charge is 0.230 e. The highest BCUT2D eigenvalue weighted by Crippen LogP contribution is 2.20. The summed E-state index contributed by atoms with van der Waals surface area (Å²) >= 11 is 1.28. The molecule has 1 aromatic heterocycles. The van der Waals surface area contributed by atoms with Crippen LogP contribution >= 0.6 is 11.8 Å². The fourth-order valence-electron chi connectivity index (χ4n) is 3.55. The summed E-state index contributed by atoms with van der Waals surface area (Å²) in [7, 11) is -3.02. The van der Waals surface area contributed by atoms with Crippen LogP contribution in [0.3, 0.4) is 0 Å². The largest absolute Gasteiger partial charge is 0.352 e. The average Bonchev–Trinajstić information content (AvgIpc) is 3.12. The van der Waals surface area contributed by atoms with Crippen molar-refractivity contribution in [2.45, 2.75) is 63.3 Å². The second kappa shape index (κ2) is 9.25. The van der Waals surface area contributed by atoms with Crippen molar-refractivity contribution in [2.24, 2.45) is 0 Å². The molecular formula is C17H27N5O4S2. The summed E-state index contributed by atoms with van der Waals surface area (Å²) in [6.07, 6.45) is 4.07. The predicted octanol–water partition coefficient (Wildman–Crippen LogP) is 0.596. The molecule has 156 valence electrons. The molecule has 3 rings (SSSR count). The normalized spacial score (nSPS) is 22.2. The molecule has 0 saturated carbocycles. The van der Waals surface area contributed by atoms with E-state index in [-0.39, 0.29) is 35.1 Å². The molecule has 2 saturated heterocycles. The van der Waals surface area contributed by atoms with E-state index < -0.39 is 9.84 Å². The van der Waals surface area contributed by atoms with E-state index in [9.17, 15) is 18.0 Å². The fraction of sp³-hybridized carbons (Fsp3) is 0.765. The standard InChI is InChI=1S/C17H27N5O4S2/c1-2-22-14(10-21-8-5-3-4-6-16(21)24)19-20-17(22)27-11-15(23)18-13-7-9-28(25,26)12-13/h13H,2-12H2,1H3,(H,18,23)/t13-/m0/s1. The summed E-state index contributed by atoms with van der Waals surface area (Å²) in [5, 5.41) is 11.8. The first-order valence-electron chi connectivity index (χ1n) is 9.70. The third-order valence-electron chi connectivity index (χ3n) is 5.04. The van der Waals surface area contributed by atoms with Crippen LogP contribution < -0.4 is 5.32 Å². The summed E-state index contributed by atoms with van der Waals surface area (Å²) in [5.74, 6) is 0.973. The van der Waals surface area contributed by atoms with E-state index in [1.165, 1.54) is 11.8 Å². The zero-order valence-electron chi connectivity index (χ0n) is 16.1. The highest BCUT2D eigenvalue weighted by molar-refractivity contribution is 7.99. The van der Waals surface area contributed by atoms with E-state index in [2.05, 4.69) is 15.5 Å². The van der Waals surface area contributed by atoms with Crippen molar-refractivity contribution >= 4 is 33.4 Å². The highest BCUT2D eigenvalue weighted by Gasteiger charge is 2.29. The minimum absolute atomic E-state index is 0.0164. The molecule has 2 amide bonds. The maximum absolute atomic E-state index is 12.2. The van der Waals surface area contributed by atoms with Crippen molar-refractivity contribution in [3.8, 4) is 0 Å². The summed E-state index contributed by atoms with van der Waals surface area (Å²) in [6.45, 7) is 3.80. The van der Waals surface area contributed by atoms with Gasteiger partial charge in [0.05, 0.1) is 23.8 Å². The molecule has 2 aliphatic rings. The molecule has 9 nitrogen and oxygen atoms in total. The molecule has 1 N–H and O–H groups in total. The molecule has 0 unspecified atom stereocenters. The molecule has 11 heteroatoms. The van der Waals surface area contributed by atoms with Gasteiger partial charge in [0.2, 0.25) is 11.8 Å². The number of nitrogens with one attached hydrogen (secondary N) is 1. The Morgan fingerprint density at radius 3 is 2.82 bits per heavy atom. The topological polar surface area (TPSA) is 114 Å². The van der Waals surface area contributed by atoms with Gasteiger partial charge in [-0.05, 0) is 26.2 Å². The second-order valence-corrected chi connectivity index (χ2v) is 10.4. The first-order valence-corrected chi connectivity index (χ1v) is 12.5. The summed E-state index contributed by atoms with van der Waals surface area (Å²) in [5.41, 5.74) is 0. The Morgan fingerprint density at radius 2 is 2.11 bits per heavy atom. The van der Waals surface area contributed by atoms with Gasteiger partial charge < -0.3 is 14.8 Å². The first-order chi connectivity index (χ1) is 13.4. The van der Waals surface area contributed by atoms with Gasteiger partial charge in [-0.25, -0.2) is 8.42 Å². The van der Waals surface area contributed by atoms with Gasteiger partial charge in [-0.1, -0.05) is 18.2 Å². The predicted molar refractivity (Wildman–Crippen MR) is 106 cm³/mol. The van der Waals surface area contributed by atoms with Crippen molar-refractivity contribution in [3.63, 3.8) is 0 Å². The number of carbonyl (C=O) groups excluding carboxylic acids is 2. The van der Waals surface area contributed by atoms with Gasteiger partial charge in [-0.3, -0.25) is 9.59 Å². The lowest BCUT2D eigenvalue weighted by Gasteiger charge is -2.20.